The van der Waals surface area contributed by atoms with Crippen molar-refractivity contribution in [3.8, 4) is 12.1 Å². The van der Waals surface area contributed by atoms with Gasteiger partial charge in [0.25, 0.3) is 0 Å². The standard InChI is InChI=1S/C14H7BrN2O/c15-13-6-2-3-10-11(13)4-1-5-12(10)14(18)9(7-16)8-17/h1-6,18H. The van der Waals surface area contributed by atoms with Crippen LogP contribution in [0.5, 0.6) is 0 Å². The van der Waals surface area contributed by atoms with Gasteiger partial charge in [-0.05, 0) is 16.8 Å². The molecule has 2 rings (SSSR count). The molecule has 0 fully saturated rings. The van der Waals surface area contributed by atoms with Gasteiger partial charge in [0.05, 0.1) is 0 Å². The Bertz CT molecular complexity index is 720. The maximum absolute atomic E-state index is 9.99. The van der Waals surface area contributed by atoms with Crippen molar-refractivity contribution in [3.63, 3.8) is 0 Å². The lowest BCUT2D eigenvalue weighted by atomic mass is 10.0. The molecule has 0 spiro atoms. The smallest absolute Gasteiger partial charge is 0.171 e. The van der Waals surface area contributed by atoms with Crippen molar-refractivity contribution in [1.29, 1.82) is 10.5 Å². The molecule has 2 aromatic rings. The molecule has 0 atom stereocenters. The van der Waals surface area contributed by atoms with Gasteiger partial charge in [-0.25, -0.2) is 0 Å². The maximum Gasteiger partial charge on any atom is 0.171 e. The van der Waals surface area contributed by atoms with Crippen LogP contribution in [0.25, 0.3) is 16.5 Å². The Morgan fingerprint density at radius 3 is 2.28 bits per heavy atom. The molecular weight excluding hydrogens is 292 g/mol. The van der Waals surface area contributed by atoms with Crippen LogP contribution in [-0.2, 0) is 0 Å². The van der Waals surface area contributed by atoms with E-state index in [9.17, 15) is 5.11 Å². The van der Waals surface area contributed by atoms with Gasteiger partial charge >= 0.3 is 0 Å². The van der Waals surface area contributed by atoms with E-state index in [1.54, 1.807) is 24.3 Å². The van der Waals surface area contributed by atoms with Crippen LogP contribution in [0.2, 0.25) is 0 Å². The number of hydrogen-bond donors (Lipinski definition) is 1. The van der Waals surface area contributed by atoms with Crippen LogP contribution < -0.4 is 0 Å². The molecule has 0 aromatic heterocycles. The molecule has 0 aliphatic heterocycles. The summed E-state index contributed by atoms with van der Waals surface area (Å²) in [4.78, 5) is 0. The van der Waals surface area contributed by atoms with Gasteiger partial charge in [-0.2, -0.15) is 10.5 Å². The van der Waals surface area contributed by atoms with Gasteiger partial charge in [-0.1, -0.05) is 46.3 Å². The summed E-state index contributed by atoms with van der Waals surface area (Å²) in [6.45, 7) is 0. The van der Waals surface area contributed by atoms with Crippen LogP contribution in [0.3, 0.4) is 0 Å². The zero-order chi connectivity index (χ0) is 13.1. The molecule has 0 bridgehead atoms. The second-order valence-electron chi connectivity index (χ2n) is 3.59. The van der Waals surface area contributed by atoms with E-state index in [1.807, 2.05) is 24.3 Å². The number of nitriles is 2. The molecule has 0 aliphatic carbocycles. The summed E-state index contributed by atoms with van der Waals surface area (Å²) in [6, 6.07) is 14.3. The number of aliphatic hydroxyl groups is 1. The third-order valence-corrected chi connectivity index (χ3v) is 3.28. The number of allylic oxidation sites excluding steroid dienone is 1. The minimum atomic E-state index is -0.289. The van der Waals surface area contributed by atoms with E-state index in [0.717, 1.165) is 15.2 Å². The van der Waals surface area contributed by atoms with Crippen molar-refractivity contribution < 1.29 is 5.11 Å². The van der Waals surface area contributed by atoms with Crippen LogP contribution in [0, 0.1) is 22.7 Å². The van der Waals surface area contributed by atoms with Gasteiger partial charge in [-0.3, -0.25) is 0 Å². The third kappa shape index (κ3) is 1.95. The predicted molar refractivity (Wildman–Crippen MR) is 72.4 cm³/mol. The van der Waals surface area contributed by atoms with Crippen molar-refractivity contribution in [2.75, 3.05) is 0 Å². The highest BCUT2D eigenvalue weighted by atomic mass is 79.9. The Balaban J connectivity index is 2.83. The molecule has 86 valence electrons. The molecule has 4 heteroatoms. The Morgan fingerprint density at radius 2 is 1.61 bits per heavy atom. The van der Waals surface area contributed by atoms with E-state index in [2.05, 4.69) is 15.9 Å². The first kappa shape index (κ1) is 12.2. The SMILES string of the molecule is N#CC(C#N)=C(O)c1cccc2c(Br)cccc12. The van der Waals surface area contributed by atoms with E-state index < -0.39 is 0 Å². The first-order valence-corrected chi connectivity index (χ1v) is 5.89. The van der Waals surface area contributed by atoms with Crippen LogP contribution in [0.1, 0.15) is 5.56 Å². The van der Waals surface area contributed by atoms with Crippen molar-refractivity contribution in [3.05, 3.63) is 52.0 Å². The highest BCUT2D eigenvalue weighted by molar-refractivity contribution is 9.10. The predicted octanol–water partition coefficient (Wildman–Crippen LogP) is 3.92. The van der Waals surface area contributed by atoms with Gasteiger partial charge in [0.15, 0.2) is 11.3 Å². The average molecular weight is 299 g/mol. The molecule has 2 aromatic carbocycles. The van der Waals surface area contributed by atoms with Crippen molar-refractivity contribution >= 4 is 32.5 Å². The summed E-state index contributed by atoms with van der Waals surface area (Å²) in [5.74, 6) is -0.288. The van der Waals surface area contributed by atoms with E-state index in [1.165, 1.54) is 0 Å². The number of halogens is 1. The minimum absolute atomic E-state index is 0.288. The average Bonchev–Trinajstić information content (AvgIpc) is 2.40. The van der Waals surface area contributed by atoms with E-state index >= 15 is 0 Å². The number of rotatable bonds is 1. The summed E-state index contributed by atoms with van der Waals surface area (Å²) in [5.41, 5.74) is 0.189. The fourth-order valence-electron chi connectivity index (χ4n) is 1.74. The van der Waals surface area contributed by atoms with Crippen molar-refractivity contribution in [2.45, 2.75) is 0 Å². The minimum Gasteiger partial charge on any atom is -0.505 e. The van der Waals surface area contributed by atoms with Crippen molar-refractivity contribution in [1.82, 2.24) is 0 Å². The maximum atomic E-state index is 9.99. The molecular formula is C14H7BrN2O. The lowest BCUT2D eigenvalue weighted by Gasteiger charge is -2.07. The highest BCUT2D eigenvalue weighted by Gasteiger charge is 2.11. The lowest BCUT2D eigenvalue weighted by molar-refractivity contribution is 0.511. The second-order valence-corrected chi connectivity index (χ2v) is 4.44. The molecule has 3 nitrogen and oxygen atoms in total. The van der Waals surface area contributed by atoms with Crippen LogP contribution in [0.4, 0.5) is 0 Å². The Labute approximate surface area is 112 Å². The number of fused-ring (bicyclic) bond motifs is 1. The van der Waals surface area contributed by atoms with Gasteiger partial charge in [-0.15, -0.1) is 0 Å². The molecule has 0 radical (unpaired) electrons. The summed E-state index contributed by atoms with van der Waals surface area (Å²) >= 11 is 3.42. The highest BCUT2D eigenvalue weighted by Crippen LogP contribution is 2.30. The van der Waals surface area contributed by atoms with E-state index in [0.29, 0.717) is 5.56 Å². The molecule has 0 saturated carbocycles. The van der Waals surface area contributed by atoms with Crippen LogP contribution in [0.15, 0.2) is 46.4 Å². The summed E-state index contributed by atoms with van der Waals surface area (Å²) in [6.07, 6.45) is 0. The van der Waals surface area contributed by atoms with Gasteiger partial charge < -0.3 is 5.11 Å². The molecule has 0 saturated heterocycles. The quantitative estimate of drug-likeness (QED) is 0.641. The molecule has 0 aliphatic rings. The lowest BCUT2D eigenvalue weighted by Crippen LogP contribution is -1.90. The Kier molecular flexibility index (Phi) is 3.32. The molecule has 18 heavy (non-hydrogen) atoms. The number of hydrogen-bond acceptors (Lipinski definition) is 3. The van der Waals surface area contributed by atoms with Crippen molar-refractivity contribution in [2.24, 2.45) is 0 Å². The van der Waals surface area contributed by atoms with Crippen LogP contribution >= 0.6 is 15.9 Å². The van der Waals surface area contributed by atoms with Gasteiger partial charge in [0.2, 0.25) is 0 Å². The fourth-order valence-corrected chi connectivity index (χ4v) is 2.24. The number of nitrogens with zero attached hydrogens (tertiary/aromatic N) is 2. The van der Waals surface area contributed by atoms with Gasteiger partial charge in [0, 0.05) is 10.0 Å². The normalized spacial score (nSPS) is 9.50. The molecule has 0 unspecified atom stereocenters. The molecule has 1 N–H and O–H groups in total. The molecule has 0 heterocycles. The van der Waals surface area contributed by atoms with E-state index in [4.69, 9.17) is 10.5 Å². The molecule has 0 amide bonds. The topological polar surface area (TPSA) is 67.8 Å². The monoisotopic (exact) mass is 298 g/mol. The summed E-state index contributed by atoms with van der Waals surface area (Å²) in [5, 5.41) is 29.3. The zero-order valence-electron chi connectivity index (χ0n) is 9.18. The summed E-state index contributed by atoms with van der Waals surface area (Å²) in [7, 11) is 0. The van der Waals surface area contributed by atoms with Crippen LogP contribution in [-0.4, -0.2) is 5.11 Å². The fraction of sp³-hybridized carbons (Fsp3) is 0. The van der Waals surface area contributed by atoms with E-state index in [-0.39, 0.29) is 11.3 Å². The Morgan fingerprint density at radius 1 is 1.00 bits per heavy atom. The first-order valence-electron chi connectivity index (χ1n) is 5.10. The third-order valence-electron chi connectivity index (χ3n) is 2.58. The summed E-state index contributed by atoms with van der Waals surface area (Å²) < 4.78 is 0.894. The first-order chi connectivity index (χ1) is 8.69. The Hall–Kier alpha value is -2.30. The number of aliphatic hydroxyl groups excluding tert-OH is 1. The number of benzene rings is 2. The zero-order valence-corrected chi connectivity index (χ0v) is 10.8. The largest absolute Gasteiger partial charge is 0.505 e. The second kappa shape index (κ2) is 4.91. The van der Waals surface area contributed by atoms with Gasteiger partial charge in [0.1, 0.15) is 12.1 Å².